The number of thioether (sulfide) groups is 1. The van der Waals surface area contributed by atoms with E-state index in [1.165, 1.54) is 24.9 Å². The minimum atomic E-state index is -0.499. The Hall–Kier alpha value is -2.62. The number of urea groups is 1. The van der Waals surface area contributed by atoms with E-state index in [1.807, 2.05) is 0 Å². The Bertz CT molecular complexity index is 740. The maximum Gasteiger partial charge on any atom is 0.314 e. The number of hydrogen-bond acceptors (Lipinski definition) is 6. The average Bonchev–Trinajstić information content (AvgIpc) is 3.06. The Morgan fingerprint density at radius 2 is 1.96 bits per heavy atom. The zero-order valence-corrected chi connectivity index (χ0v) is 14.7. The van der Waals surface area contributed by atoms with Crippen LogP contribution in [0.2, 0.25) is 0 Å². The molecule has 9 nitrogen and oxygen atoms in total. The van der Waals surface area contributed by atoms with E-state index in [2.05, 4.69) is 26.1 Å². The summed E-state index contributed by atoms with van der Waals surface area (Å²) in [6.07, 6.45) is 2.76. The van der Waals surface area contributed by atoms with Crippen LogP contribution in [0.1, 0.15) is 44.2 Å². The number of hydrogen-bond donors (Lipinski definition) is 4. The van der Waals surface area contributed by atoms with Gasteiger partial charge in [0.2, 0.25) is 11.6 Å². The molecule has 2 rings (SSSR count). The fourth-order valence-corrected chi connectivity index (χ4v) is 3.21. The monoisotopic (exact) mass is 365 g/mol. The molecule has 0 aromatic carbocycles. The van der Waals surface area contributed by atoms with Crippen molar-refractivity contribution in [3.8, 4) is 0 Å². The van der Waals surface area contributed by atoms with Crippen LogP contribution in [0.4, 0.5) is 4.79 Å². The summed E-state index contributed by atoms with van der Waals surface area (Å²) in [5.74, 6) is -0.662. The van der Waals surface area contributed by atoms with Crippen molar-refractivity contribution in [1.82, 2.24) is 26.1 Å². The highest BCUT2D eigenvalue weighted by Crippen LogP contribution is 2.29. The lowest BCUT2D eigenvalue weighted by Gasteiger charge is -2.11. The summed E-state index contributed by atoms with van der Waals surface area (Å²) in [5, 5.41) is 13.8. The number of rotatable bonds is 7. The number of aromatic amines is 1. The summed E-state index contributed by atoms with van der Waals surface area (Å²) in [6, 6.07) is -0.238. The van der Waals surface area contributed by atoms with Crippen molar-refractivity contribution < 1.29 is 19.2 Å². The van der Waals surface area contributed by atoms with Crippen molar-refractivity contribution in [2.24, 2.45) is 0 Å². The fourth-order valence-electron chi connectivity index (χ4n) is 2.21. The van der Waals surface area contributed by atoms with Gasteiger partial charge in [0.15, 0.2) is 0 Å². The molecular formula is C15H19N5O4S. The fraction of sp³-hybridized carbons (Fsp3) is 0.400. The number of H-pyrrole nitrogens is 1. The van der Waals surface area contributed by atoms with E-state index in [9.17, 15) is 19.2 Å². The number of amides is 3. The number of ketones is 2. The Kier molecular flexibility index (Phi) is 6.34. The van der Waals surface area contributed by atoms with E-state index in [0.29, 0.717) is 17.2 Å². The largest absolute Gasteiger partial charge is 0.354 e. The number of fused-ring (bicyclic) bond motifs is 1. The number of nitrogens with one attached hydrogen (secondary N) is 4. The first-order valence-electron chi connectivity index (χ1n) is 7.69. The third-order valence-electron chi connectivity index (χ3n) is 3.51. The van der Waals surface area contributed by atoms with Crippen molar-refractivity contribution >= 4 is 35.3 Å². The minimum Gasteiger partial charge on any atom is -0.354 e. The molecule has 10 heteroatoms. The maximum atomic E-state index is 12.6. The van der Waals surface area contributed by atoms with Gasteiger partial charge in [-0.1, -0.05) is 0 Å². The number of allylic oxidation sites excluding steroid dienone is 2. The molecule has 0 fully saturated rings. The third-order valence-corrected chi connectivity index (χ3v) is 4.62. The summed E-state index contributed by atoms with van der Waals surface area (Å²) >= 11 is 1.26. The van der Waals surface area contributed by atoms with Gasteiger partial charge in [0, 0.05) is 26.7 Å². The molecule has 3 amide bonds. The van der Waals surface area contributed by atoms with Crippen molar-refractivity contribution in [1.29, 1.82) is 0 Å². The number of nitrogens with zero attached hydrogens (tertiary/aromatic N) is 1. The Balaban J connectivity index is 1.94. The highest BCUT2D eigenvalue weighted by molar-refractivity contribution is 8.04. The summed E-state index contributed by atoms with van der Waals surface area (Å²) in [6.45, 7) is 0.527. The van der Waals surface area contributed by atoms with E-state index >= 15 is 0 Å². The number of unbranched alkanes of at least 4 members (excludes halogenated alkanes) is 1. The van der Waals surface area contributed by atoms with Gasteiger partial charge in [0.1, 0.15) is 11.4 Å². The molecule has 1 aliphatic carbocycles. The van der Waals surface area contributed by atoms with Gasteiger partial charge in [-0.25, -0.2) is 4.79 Å². The van der Waals surface area contributed by atoms with Gasteiger partial charge in [-0.3, -0.25) is 19.5 Å². The second kappa shape index (κ2) is 8.47. The lowest BCUT2D eigenvalue weighted by molar-refractivity contribution is 0.0945. The van der Waals surface area contributed by atoms with Crippen LogP contribution in [-0.2, 0) is 0 Å². The molecule has 25 heavy (non-hydrogen) atoms. The molecule has 0 unspecified atom stereocenters. The smallest absolute Gasteiger partial charge is 0.314 e. The number of Topliss-reactive ketones (excluding diaryl/α,β-unsaturated/α-hetero) is 1. The second-order valence-electron chi connectivity index (χ2n) is 5.16. The first kappa shape index (κ1) is 18.7. The van der Waals surface area contributed by atoms with Crippen molar-refractivity contribution in [3.63, 3.8) is 0 Å². The summed E-state index contributed by atoms with van der Waals surface area (Å²) in [4.78, 5) is 47.8. The van der Waals surface area contributed by atoms with E-state index in [0.717, 1.165) is 12.8 Å². The van der Waals surface area contributed by atoms with Gasteiger partial charge in [-0.15, -0.1) is 11.8 Å². The predicted molar refractivity (Wildman–Crippen MR) is 92.9 cm³/mol. The van der Waals surface area contributed by atoms with Crippen molar-refractivity contribution in [2.75, 3.05) is 26.4 Å². The molecule has 1 heterocycles. The standard InChI is InChI=1S/C15H19N5O4S/c1-16-14(23)12-10-11(19-20-12)8(21)7-9(13(10)22)25-6-4-3-5-18-15(24)17-2/h7H,3-6H2,1-2H3,(H,16,23)(H,19,20)(H2,17,18,24). The highest BCUT2D eigenvalue weighted by atomic mass is 32.2. The van der Waals surface area contributed by atoms with Crippen LogP contribution < -0.4 is 16.0 Å². The van der Waals surface area contributed by atoms with Crippen molar-refractivity contribution in [2.45, 2.75) is 12.8 Å². The number of aromatic nitrogens is 2. The van der Waals surface area contributed by atoms with E-state index in [1.54, 1.807) is 7.05 Å². The topological polar surface area (TPSA) is 133 Å². The van der Waals surface area contributed by atoms with Gasteiger partial charge in [-0.2, -0.15) is 5.10 Å². The SMILES string of the molecule is CNC(=O)NCCCCSC1=CC(=O)c2n[nH]c(C(=O)NC)c2C1=O. The molecule has 0 atom stereocenters. The quantitative estimate of drug-likeness (QED) is 0.519. The van der Waals surface area contributed by atoms with E-state index in [-0.39, 0.29) is 28.8 Å². The average molecular weight is 365 g/mol. The van der Waals surface area contributed by atoms with Gasteiger partial charge in [0.25, 0.3) is 5.91 Å². The minimum absolute atomic E-state index is 0.00294. The summed E-state index contributed by atoms with van der Waals surface area (Å²) < 4.78 is 0. The Labute approximate surface area is 148 Å². The zero-order valence-electron chi connectivity index (χ0n) is 13.9. The van der Waals surface area contributed by atoms with Crippen LogP contribution in [0, 0.1) is 0 Å². The number of carbonyl (C=O) groups is 4. The van der Waals surface area contributed by atoms with Gasteiger partial charge in [-0.05, 0) is 18.6 Å². The van der Waals surface area contributed by atoms with Gasteiger partial charge in [0.05, 0.1) is 10.5 Å². The molecule has 134 valence electrons. The molecule has 1 aromatic rings. The van der Waals surface area contributed by atoms with E-state index < -0.39 is 11.7 Å². The second-order valence-corrected chi connectivity index (χ2v) is 6.30. The molecule has 0 saturated heterocycles. The molecule has 1 aliphatic rings. The van der Waals surface area contributed by atoms with Crippen LogP contribution in [0.25, 0.3) is 0 Å². The lowest BCUT2D eigenvalue weighted by Crippen LogP contribution is -2.33. The molecular weight excluding hydrogens is 346 g/mol. The molecule has 0 saturated carbocycles. The van der Waals surface area contributed by atoms with Gasteiger partial charge >= 0.3 is 6.03 Å². The number of carbonyl (C=O) groups excluding carboxylic acids is 4. The maximum absolute atomic E-state index is 12.6. The first-order valence-corrected chi connectivity index (χ1v) is 8.67. The van der Waals surface area contributed by atoms with Crippen LogP contribution in [-0.4, -0.2) is 60.1 Å². The molecule has 1 aromatic heterocycles. The van der Waals surface area contributed by atoms with Crippen LogP contribution in [0.3, 0.4) is 0 Å². The summed E-state index contributed by atoms with van der Waals surface area (Å²) in [5.41, 5.74) is -0.00445. The third kappa shape index (κ3) is 4.27. The van der Waals surface area contributed by atoms with Crippen LogP contribution in [0.5, 0.6) is 0 Å². The Morgan fingerprint density at radius 3 is 2.64 bits per heavy atom. The normalized spacial score (nSPS) is 13.1. The van der Waals surface area contributed by atoms with Crippen molar-refractivity contribution in [3.05, 3.63) is 27.9 Å². The van der Waals surface area contributed by atoms with Crippen LogP contribution >= 0.6 is 11.8 Å². The Morgan fingerprint density at radius 1 is 1.20 bits per heavy atom. The highest BCUT2D eigenvalue weighted by Gasteiger charge is 2.33. The molecule has 4 N–H and O–H groups in total. The van der Waals surface area contributed by atoms with Gasteiger partial charge < -0.3 is 16.0 Å². The van der Waals surface area contributed by atoms with Crippen LogP contribution in [0.15, 0.2) is 11.0 Å². The molecule has 0 bridgehead atoms. The first-order chi connectivity index (χ1) is 12.0. The van der Waals surface area contributed by atoms with E-state index in [4.69, 9.17) is 0 Å². The molecule has 0 aliphatic heterocycles. The molecule has 0 spiro atoms. The zero-order chi connectivity index (χ0) is 18.4. The molecule has 0 radical (unpaired) electrons. The predicted octanol–water partition coefficient (Wildman–Crippen LogP) is 0.475. The summed E-state index contributed by atoms with van der Waals surface area (Å²) in [7, 11) is 2.98. The lowest BCUT2D eigenvalue weighted by atomic mass is 9.99.